The summed E-state index contributed by atoms with van der Waals surface area (Å²) in [5.41, 5.74) is -0.119. The number of aromatic nitrogens is 3. The Hall–Kier alpha value is -2.42. The second kappa shape index (κ2) is 7.45. The molecule has 1 fully saturated rings. The zero-order valence-electron chi connectivity index (χ0n) is 14.1. The van der Waals surface area contributed by atoms with E-state index in [0.717, 1.165) is 12.1 Å². The third kappa shape index (κ3) is 4.21. The quantitative estimate of drug-likeness (QED) is 0.878. The van der Waals surface area contributed by atoms with Crippen molar-refractivity contribution in [3.8, 4) is 0 Å². The number of halogens is 3. The molecule has 0 aliphatic carbocycles. The van der Waals surface area contributed by atoms with E-state index in [1.54, 1.807) is 23.2 Å². The monoisotopic (exact) mass is 367 g/mol. The smallest absolute Gasteiger partial charge is 0.345 e. The number of pyridine rings is 1. The van der Waals surface area contributed by atoms with Gasteiger partial charge in [0.2, 0.25) is 5.91 Å². The molecular formula is C17H20F3N5O. The van der Waals surface area contributed by atoms with Gasteiger partial charge in [-0.3, -0.25) is 14.7 Å². The predicted molar refractivity (Wildman–Crippen MR) is 88.0 cm³/mol. The highest BCUT2D eigenvalue weighted by molar-refractivity contribution is 5.85. The number of imidazole rings is 1. The summed E-state index contributed by atoms with van der Waals surface area (Å²) in [6.07, 6.45) is 4.77. The Kier molecular flexibility index (Phi) is 5.26. The number of carbonyl (C=O) groups is 1. The molecule has 2 aromatic heterocycles. The molecule has 1 aliphatic heterocycles. The van der Waals surface area contributed by atoms with Crippen LogP contribution in [0.2, 0.25) is 0 Å². The average molecular weight is 367 g/mol. The fourth-order valence-corrected chi connectivity index (χ4v) is 3.38. The van der Waals surface area contributed by atoms with Gasteiger partial charge in [0.05, 0.1) is 6.33 Å². The van der Waals surface area contributed by atoms with Crippen molar-refractivity contribution in [2.45, 2.75) is 31.1 Å². The molecule has 0 radical (unpaired) electrons. The fraction of sp³-hybridized carbons (Fsp3) is 0.471. The van der Waals surface area contributed by atoms with Gasteiger partial charge in [-0.2, -0.15) is 13.2 Å². The third-order valence-corrected chi connectivity index (χ3v) is 4.55. The van der Waals surface area contributed by atoms with Gasteiger partial charge in [-0.15, -0.1) is 0 Å². The number of rotatable bonds is 5. The van der Waals surface area contributed by atoms with Gasteiger partial charge in [-0.25, -0.2) is 4.98 Å². The third-order valence-electron chi connectivity index (χ3n) is 4.55. The number of nitrogens with one attached hydrogen (secondary N) is 1. The van der Waals surface area contributed by atoms with E-state index in [1.807, 2.05) is 12.1 Å². The number of nitrogens with zero attached hydrogens (tertiary/aromatic N) is 4. The van der Waals surface area contributed by atoms with E-state index in [1.165, 1.54) is 12.5 Å². The Morgan fingerprint density at radius 2 is 2.15 bits per heavy atom. The van der Waals surface area contributed by atoms with E-state index in [2.05, 4.69) is 20.2 Å². The maximum atomic E-state index is 12.8. The zero-order valence-corrected chi connectivity index (χ0v) is 14.1. The van der Waals surface area contributed by atoms with Crippen molar-refractivity contribution in [2.24, 2.45) is 0 Å². The van der Waals surface area contributed by atoms with Crippen LogP contribution in [0.1, 0.15) is 18.4 Å². The normalized spacial score (nSPS) is 21.5. The standard InChI is InChI=1S/C17H20F3N5O/c18-17(19,20)11-23-15(26)16(25-8-6-22-13-25)4-2-7-24(12-16)10-14-3-1-5-21-9-14/h1,3,5-6,8-9,13H,2,4,7,10-12H2,(H,23,26). The molecule has 9 heteroatoms. The fourth-order valence-electron chi connectivity index (χ4n) is 3.38. The number of likely N-dealkylation sites (tertiary alicyclic amines) is 1. The number of hydrogen-bond donors (Lipinski definition) is 1. The van der Waals surface area contributed by atoms with E-state index >= 15 is 0 Å². The highest BCUT2D eigenvalue weighted by Gasteiger charge is 2.44. The van der Waals surface area contributed by atoms with Crippen LogP contribution in [0.25, 0.3) is 0 Å². The van der Waals surface area contributed by atoms with Crippen LogP contribution in [-0.4, -0.2) is 51.2 Å². The summed E-state index contributed by atoms with van der Waals surface area (Å²) < 4.78 is 39.3. The van der Waals surface area contributed by atoms with Crippen LogP contribution in [0.5, 0.6) is 0 Å². The molecule has 0 spiro atoms. The minimum absolute atomic E-state index is 0.307. The molecule has 140 valence electrons. The molecule has 1 amide bonds. The van der Waals surface area contributed by atoms with Crippen LogP contribution in [0.15, 0.2) is 43.2 Å². The maximum absolute atomic E-state index is 12.8. The number of carbonyl (C=O) groups excluding carboxylic acids is 1. The van der Waals surface area contributed by atoms with E-state index in [-0.39, 0.29) is 0 Å². The van der Waals surface area contributed by atoms with Crippen LogP contribution in [0, 0.1) is 0 Å². The Morgan fingerprint density at radius 3 is 2.81 bits per heavy atom. The first-order valence-corrected chi connectivity index (χ1v) is 8.34. The van der Waals surface area contributed by atoms with Crippen molar-refractivity contribution in [3.05, 3.63) is 48.8 Å². The van der Waals surface area contributed by atoms with Crippen LogP contribution < -0.4 is 5.32 Å². The molecule has 1 aliphatic rings. The summed E-state index contributed by atoms with van der Waals surface area (Å²) in [5.74, 6) is -0.635. The van der Waals surface area contributed by atoms with Gasteiger partial charge in [0.1, 0.15) is 12.1 Å². The first kappa shape index (κ1) is 18.4. The molecule has 6 nitrogen and oxygen atoms in total. The predicted octanol–water partition coefficient (Wildman–Crippen LogP) is 1.95. The Balaban J connectivity index is 1.80. The molecule has 1 unspecified atom stereocenters. The summed E-state index contributed by atoms with van der Waals surface area (Å²) >= 11 is 0. The Labute approximate surface area is 149 Å². The molecule has 0 saturated carbocycles. The first-order chi connectivity index (χ1) is 12.4. The van der Waals surface area contributed by atoms with Crippen LogP contribution in [-0.2, 0) is 16.9 Å². The maximum Gasteiger partial charge on any atom is 0.405 e. The van der Waals surface area contributed by atoms with Crippen molar-refractivity contribution in [1.82, 2.24) is 24.8 Å². The van der Waals surface area contributed by atoms with E-state index in [9.17, 15) is 18.0 Å². The highest BCUT2D eigenvalue weighted by atomic mass is 19.4. The summed E-state index contributed by atoms with van der Waals surface area (Å²) in [6, 6.07) is 3.77. The van der Waals surface area contributed by atoms with Crippen LogP contribution >= 0.6 is 0 Å². The van der Waals surface area contributed by atoms with Crippen molar-refractivity contribution in [3.63, 3.8) is 0 Å². The van der Waals surface area contributed by atoms with Gasteiger partial charge in [-0.1, -0.05) is 6.07 Å². The average Bonchev–Trinajstić information content (AvgIpc) is 3.15. The van der Waals surface area contributed by atoms with Crippen LogP contribution in [0.3, 0.4) is 0 Å². The molecule has 1 saturated heterocycles. The highest BCUT2D eigenvalue weighted by Crippen LogP contribution is 2.30. The van der Waals surface area contributed by atoms with Crippen molar-refractivity contribution in [1.29, 1.82) is 0 Å². The Bertz CT molecular complexity index is 720. The Morgan fingerprint density at radius 1 is 1.31 bits per heavy atom. The largest absolute Gasteiger partial charge is 0.405 e. The van der Waals surface area contributed by atoms with Crippen molar-refractivity contribution in [2.75, 3.05) is 19.6 Å². The molecule has 0 aromatic carbocycles. The molecule has 1 atom stereocenters. The lowest BCUT2D eigenvalue weighted by molar-refractivity contribution is -0.146. The lowest BCUT2D eigenvalue weighted by Crippen LogP contribution is -2.58. The molecule has 2 aromatic rings. The van der Waals surface area contributed by atoms with Gasteiger partial charge >= 0.3 is 6.18 Å². The minimum Gasteiger partial charge on any atom is -0.345 e. The summed E-state index contributed by atoms with van der Waals surface area (Å²) in [4.78, 5) is 22.9. The summed E-state index contributed by atoms with van der Waals surface area (Å²) in [5, 5.41) is 2.05. The van der Waals surface area contributed by atoms with E-state index < -0.39 is 24.2 Å². The molecular weight excluding hydrogens is 347 g/mol. The van der Waals surface area contributed by atoms with Crippen molar-refractivity contribution >= 4 is 5.91 Å². The lowest BCUT2D eigenvalue weighted by Gasteiger charge is -2.42. The van der Waals surface area contributed by atoms with Gasteiger partial charge in [0, 0.05) is 37.9 Å². The molecule has 0 bridgehead atoms. The summed E-state index contributed by atoms with van der Waals surface area (Å²) in [6.45, 7) is 0.307. The van der Waals surface area contributed by atoms with E-state index in [4.69, 9.17) is 0 Å². The number of piperidine rings is 1. The second-order valence-corrected chi connectivity index (χ2v) is 6.47. The second-order valence-electron chi connectivity index (χ2n) is 6.47. The molecule has 3 rings (SSSR count). The van der Waals surface area contributed by atoms with E-state index in [0.29, 0.717) is 25.9 Å². The van der Waals surface area contributed by atoms with Gasteiger partial charge < -0.3 is 9.88 Å². The van der Waals surface area contributed by atoms with Crippen molar-refractivity contribution < 1.29 is 18.0 Å². The number of amides is 1. The first-order valence-electron chi connectivity index (χ1n) is 8.34. The van der Waals surface area contributed by atoms with Gasteiger partial charge in [0.15, 0.2) is 0 Å². The van der Waals surface area contributed by atoms with Gasteiger partial charge in [0.25, 0.3) is 0 Å². The topological polar surface area (TPSA) is 63.1 Å². The summed E-state index contributed by atoms with van der Waals surface area (Å²) in [7, 11) is 0. The zero-order chi connectivity index (χ0) is 18.6. The number of hydrogen-bond acceptors (Lipinski definition) is 4. The molecule has 1 N–H and O–H groups in total. The SMILES string of the molecule is O=C(NCC(F)(F)F)C1(n2ccnc2)CCCN(Cc2cccnc2)C1. The molecule has 3 heterocycles. The lowest BCUT2D eigenvalue weighted by atomic mass is 9.87. The van der Waals surface area contributed by atoms with Crippen LogP contribution in [0.4, 0.5) is 13.2 Å². The number of alkyl halides is 3. The molecule has 26 heavy (non-hydrogen) atoms. The van der Waals surface area contributed by atoms with Gasteiger partial charge in [-0.05, 0) is 31.0 Å². The minimum atomic E-state index is -4.45.